The van der Waals surface area contributed by atoms with Crippen LogP contribution in [-0.2, 0) is 0 Å². The molecule has 0 aromatic heterocycles. The quantitative estimate of drug-likeness (QED) is 0.126. The minimum Gasteiger partial charge on any atom is -0.306 e. The van der Waals surface area contributed by atoms with E-state index in [0.717, 1.165) is 143 Å². The van der Waals surface area contributed by atoms with Crippen molar-refractivity contribution in [3.63, 3.8) is 0 Å². The number of hydrogen-bond donors (Lipinski definition) is 0. The molecule has 0 aliphatic carbocycles. The number of rotatable bonds is 10. The van der Waals surface area contributed by atoms with Crippen LogP contribution in [0.4, 0.5) is 42.9 Å². The second-order valence-corrected chi connectivity index (χ2v) is 21.4. The lowest BCUT2D eigenvalue weighted by atomic mass is 9.90. The molecule has 2 nitrogen and oxygen atoms in total. The fraction of sp³-hybridized carbons (Fsp3) is 0.0526. The SMILES string of the molecule is Cc1ccc(-c2cc(F)c(N(c3cccc4ccccc34)c3ccc4ccc5c(N(c6c(F)cc(-c7ccc(C)cc7)cc6-c6ccc(C)cc6)c6cccc7ccccc67)ccc6ccc3c4c65)c(-c3ccc(C)cc3)c2)cc1. The molecule has 80 heavy (non-hydrogen) atoms. The van der Waals surface area contributed by atoms with Crippen LogP contribution in [-0.4, -0.2) is 0 Å². The lowest BCUT2D eigenvalue weighted by molar-refractivity contribution is 0.629. The number of hydrogen-bond acceptors (Lipinski definition) is 2. The summed E-state index contributed by atoms with van der Waals surface area (Å²) < 4.78 is 36.6. The summed E-state index contributed by atoms with van der Waals surface area (Å²) in [6.45, 7) is 8.30. The van der Waals surface area contributed by atoms with Crippen LogP contribution >= 0.6 is 0 Å². The van der Waals surface area contributed by atoms with Crippen molar-refractivity contribution in [3.8, 4) is 44.5 Å². The van der Waals surface area contributed by atoms with Crippen molar-refractivity contribution >= 4 is 88.0 Å². The molecule has 0 fully saturated rings. The van der Waals surface area contributed by atoms with E-state index in [2.05, 4.69) is 280 Å². The predicted molar refractivity (Wildman–Crippen MR) is 335 cm³/mol. The van der Waals surface area contributed by atoms with Crippen LogP contribution in [0.3, 0.4) is 0 Å². The average molecular weight is 1030 g/mol. The first-order valence-corrected chi connectivity index (χ1v) is 27.3. The van der Waals surface area contributed by atoms with Gasteiger partial charge in [-0.05, 0) is 142 Å². The van der Waals surface area contributed by atoms with Gasteiger partial charge in [-0.15, -0.1) is 0 Å². The third-order valence-electron chi connectivity index (χ3n) is 16.2. The number of nitrogens with zero attached hydrogens (tertiary/aromatic N) is 2. The highest BCUT2D eigenvalue weighted by Gasteiger charge is 2.29. The molecule has 0 aliphatic rings. The number of anilines is 6. The second kappa shape index (κ2) is 19.5. The number of aryl methyl sites for hydroxylation is 4. The lowest BCUT2D eigenvalue weighted by Crippen LogP contribution is -2.15. The van der Waals surface area contributed by atoms with Crippen LogP contribution < -0.4 is 9.80 Å². The number of halogens is 2. The molecule has 0 radical (unpaired) electrons. The van der Waals surface area contributed by atoms with Crippen LogP contribution in [0.5, 0.6) is 0 Å². The molecule has 0 heterocycles. The molecule has 4 heteroatoms. The lowest BCUT2D eigenvalue weighted by Gasteiger charge is -2.32. The Balaban J connectivity index is 1.06. The molecule has 0 saturated carbocycles. The molecule has 382 valence electrons. The highest BCUT2D eigenvalue weighted by molar-refractivity contribution is 6.29. The zero-order valence-electron chi connectivity index (χ0n) is 44.9. The molecule has 0 atom stereocenters. The Morgan fingerprint density at radius 2 is 0.575 bits per heavy atom. The van der Waals surface area contributed by atoms with Crippen LogP contribution in [0, 0.1) is 39.3 Å². The minimum atomic E-state index is -0.343. The first-order valence-electron chi connectivity index (χ1n) is 27.3. The highest BCUT2D eigenvalue weighted by Crippen LogP contribution is 2.53. The van der Waals surface area contributed by atoms with E-state index in [0.29, 0.717) is 11.4 Å². The Kier molecular flexibility index (Phi) is 11.8. The zero-order chi connectivity index (χ0) is 54.2. The van der Waals surface area contributed by atoms with Crippen molar-refractivity contribution in [2.45, 2.75) is 27.7 Å². The van der Waals surface area contributed by atoms with Crippen LogP contribution in [0.25, 0.3) is 98.4 Å². The summed E-state index contributed by atoms with van der Waals surface area (Å²) in [5.74, 6) is -0.685. The maximum atomic E-state index is 18.3. The normalized spacial score (nSPS) is 11.6. The minimum absolute atomic E-state index is 0.343. The Labute approximate surface area is 465 Å². The Morgan fingerprint density at radius 1 is 0.250 bits per heavy atom. The molecule has 14 rings (SSSR count). The van der Waals surface area contributed by atoms with Crippen LogP contribution in [0.2, 0.25) is 0 Å². The van der Waals surface area contributed by atoms with Crippen LogP contribution in [0.1, 0.15) is 22.3 Å². The molecule has 0 unspecified atom stereocenters. The second-order valence-electron chi connectivity index (χ2n) is 21.4. The van der Waals surface area contributed by atoms with Crippen molar-refractivity contribution in [2.24, 2.45) is 0 Å². The largest absolute Gasteiger partial charge is 0.306 e. The Morgan fingerprint density at radius 3 is 0.963 bits per heavy atom. The Bertz CT molecular complexity index is 4380. The molecule has 0 bridgehead atoms. The van der Waals surface area contributed by atoms with Crippen molar-refractivity contribution in [1.29, 1.82) is 0 Å². The molecule has 0 saturated heterocycles. The summed E-state index contributed by atoms with van der Waals surface area (Å²) in [5.41, 5.74) is 15.6. The summed E-state index contributed by atoms with van der Waals surface area (Å²) in [7, 11) is 0. The molecule has 0 aliphatic heterocycles. The molecule has 14 aromatic rings. The van der Waals surface area contributed by atoms with Gasteiger partial charge in [-0.1, -0.05) is 229 Å². The third-order valence-corrected chi connectivity index (χ3v) is 16.2. The molecule has 0 N–H and O–H groups in total. The average Bonchev–Trinajstić information content (AvgIpc) is 3.53. The maximum Gasteiger partial charge on any atom is 0.148 e. The van der Waals surface area contributed by atoms with Gasteiger partial charge in [0.1, 0.15) is 11.6 Å². The fourth-order valence-corrected chi connectivity index (χ4v) is 12.1. The van der Waals surface area contributed by atoms with Gasteiger partial charge < -0.3 is 9.80 Å². The van der Waals surface area contributed by atoms with Gasteiger partial charge in [-0.25, -0.2) is 8.78 Å². The van der Waals surface area contributed by atoms with E-state index in [9.17, 15) is 0 Å². The van der Waals surface area contributed by atoms with Gasteiger partial charge in [0.05, 0.1) is 34.1 Å². The molecule has 0 amide bonds. The smallest absolute Gasteiger partial charge is 0.148 e. The van der Waals surface area contributed by atoms with Crippen molar-refractivity contribution in [2.75, 3.05) is 9.80 Å². The van der Waals surface area contributed by atoms with Gasteiger partial charge in [-0.3, -0.25) is 0 Å². The van der Waals surface area contributed by atoms with Crippen molar-refractivity contribution in [3.05, 3.63) is 289 Å². The number of fused-ring (bicyclic) bond motifs is 2. The highest BCUT2D eigenvalue weighted by atomic mass is 19.1. The fourth-order valence-electron chi connectivity index (χ4n) is 12.1. The van der Waals surface area contributed by atoms with E-state index in [1.54, 1.807) is 12.1 Å². The van der Waals surface area contributed by atoms with E-state index in [4.69, 9.17) is 0 Å². The van der Waals surface area contributed by atoms with Crippen molar-refractivity contribution in [1.82, 2.24) is 0 Å². The first kappa shape index (κ1) is 48.5. The first-order chi connectivity index (χ1) is 39.1. The predicted octanol–water partition coefficient (Wildman–Crippen LogP) is 22.0. The monoisotopic (exact) mass is 1030 g/mol. The zero-order valence-corrected chi connectivity index (χ0v) is 44.9. The van der Waals surface area contributed by atoms with Gasteiger partial charge in [0.25, 0.3) is 0 Å². The molecular weight excluding hydrogens is 979 g/mol. The van der Waals surface area contributed by atoms with Gasteiger partial charge >= 0.3 is 0 Å². The van der Waals surface area contributed by atoms with Gasteiger partial charge in [-0.2, -0.15) is 0 Å². The molecular formula is C76H54F2N2. The summed E-state index contributed by atoms with van der Waals surface area (Å²) in [6, 6.07) is 87.8. The number of benzene rings is 14. The topological polar surface area (TPSA) is 6.48 Å². The van der Waals surface area contributed by atoms with Gasteiger partial charge in [0, 0.05) is 32.7 Å². The van der Waals surface area contributed by atoms with Crippen LogP contribution in [0.15, 0.2) is 255 Å². The molecule has 14 aromatic carbocycles. The van der Waals surface area contributed by atoms with E-state index >= 15 is 8.78 Å². The Hall–Kier alpha value is -9.90. The summed E-state index contributed by atoms with van der Waals surface area (Å²) >= 11 is 0. The van der Waals surface area contributed by atoms with Gasteiger partial charge in [0.2, 0.25) is 0 Å². The standard InChI is InChI=1S/C76H54F2N2/c1-47-19-27-51(28-20-47)59-43-65(55-31-23-49(3)24-32-55)75(67(77)45-59)79(69-17-9-13-53-11-5-7-15-61(53)69)71-41-37-57-36-40-64-72(42-38-58-35-39-63(71)73(57)74(58)64)80(70-18-10-14-54-12-6-8-16-62(54)70)76-66(56-33-25-50(4)26-34-56)44-60(46-68(76)78)52-29-21-48(2)22-30-52/h5-46H,1-4H3. The maximum absolute atomic E-state index is 18.3. The summed E-state index contributed by atoms with van der Waals surface area (Å²) in [5, 5.41) is 10.1. The third kappa shape index (κ3) is 8.31. The van der Waals surface area contributed by atoms with Gasteiger partial charge in [0.15, 0.2) is 0 Å². The summed E-state index contributed by atoms with van der Waals surface area (Å²) in [6.07, 6.45) is 0. The van der Waals surface area contributed by atoms with E-state index in [1.807, 2.05) is 0 Å². The summed E-state index contributed by atoms with van der Waals surface area (Å²) in [4.78, 5) is 4.31. The van der Waals surface area contributed by atoms with Crippen molar-refractivity contribution < 1.29 is 8.78 Å². The van der Waals surface area contributed by atoms with E-state index in [-0.39, 0.29) is 11.6 Å². The molecule has 0 spiro atoms. The van der Waals surface area contributed by atoms with E-state index in [1.165, 1.54) is 0 Å². The van der Waals surface area contributed by atoms with E-state index < -0.39 is 0 Å².